The second kappa shape index (κ2) is 7.59. The van der Waals surface area contributed by atoms with Crippen LogP contribution in [0.2, 0.25) is 5.02 Å². The standard InChI is InChI=1S/C17H28ClN3/c1-4-16(19)17(14-7-5-8-15(18)11-14)21-10-6-9-20(3)12-13(21)2/h5,7-8,11,13,16-17H,4,6,9-10,12,19H2,1-3H3. The first-order valence-corrected chi connectivity index (χ1v) is 8.36. The molecular weight excluding hydrogens is 282 g/mol. The largest absolute Gasteiger partial charge is 0.326 e. The maximum absolute atomic E-state index is 6.48. The molecule has 0 amide bonds. The molecule has 2 rings (SSSR count). The molecule has 3 unspecified atom stereocenters. The Bertz CT molecular complexity index is 451. The average molecular weight is 310 g/mol. The van der Waals surface area contributed by atoms with E-state index in [4.69, 9.17) is 17.3 Å². The van der Waals surface area contributed by atoms with E-state index < -0.39 is 0 Å². The minimum atomic E-state index is 0.134. The highest BCUT2D eigenvalue weighted by Gasteiger charge is 2.31. The summed E-state index contributed by atoms with van der Waals surface area (Å²) in [5, 5.41) is 0.792. The molecule has 3 atom stereocenters. The third-order valence-electron chi connectivity index (χ3n) is 4.52. The van der Waals surface area contributed by atoms with E-state index >= 15 is 0 Å². The number of halogens is 1. The van der Waals surface area contributed by atoms with Crippen LogP contribution in [0.3, 0.4) is 0 Å². The van der Waals surface area contributed by atoms with Gasteiger partial charge in [-0.05, 0) is 51.1 Å². The predicted octanol–water partition coefficient (Wildman–Crippen LogP) is 3.14. The zero-order valence-electron chi connectivity index (χ0n) is 13.4. The monoisotopic (exact) mass is 309 g/mol. The van der Waals surface area contributed by atoms with Gasteiger partial charge in [-0.3, -0.25) is 4.90 Å². The third kappa shape index (κ3) is 4.19. The molecule has 1 aromatic rings. The maximum atomic E-state index is 6.48. The van der Waals surface area contributed by atoms with Crippen molar-refractivity contribution in [2.24, 2.45) is 5.73 Å². The number of nitrogens with zero attached hydrogens (tertiary/aromatic N) is 2. The molecule has 1 aromatic carbocycles. The van der Waals surface area contributed by atoms with Crippen molar-refractivity contribution < 1.29 is 0 Å². The van der Waals surface area contributed by atoms with E-state index in [9.17, 15) is 0 Å². The lowest BCUT2D eigenvalue weighted by molar-refractivity contribution is 0.122. The van der Waals surface area contributed by atoms with Crippen molar-refractivity contribution in [2.75, 3.05) is 26.7 Å². The Hall–Kier alpha value is -0.610. The highest BCUT2D eigenvalue weighted by molar-refractivity contribution is 6.30. The normalized spacial score (nSPS) is 24.5. The smallest absolute Gasteiger partial charge is 0.0502 e. The van der Waals surface area contributed by atoms with Gasteiger partial charge < -0.3 is 10.6 Å². The molecule has 3 nitrogen and oxygen atoms in total. The van der Waals surface area contributed by atoms with Crippen molar-refractivity contribution in [3.8, 4) is 0 Å². The molecule has 4 heteroatoms. The first-order valence-electron chi connectivity index (χ1n) is 7.98. The van der Waals surface area contributed by atoms with Crippen LogP contribution in [0.4, 0.5) is 0 Å². The van der Waals surface area contributed by atoms with Gasteiger partial charge in [0.05, 0.1) is 6.04 Å². The highest BCUT2D eigenvalue weighted by Crippen LogP contribution is 2.30. The minimum absolute atomic E-state index is 0.134. The summed E-state index contributed by atoms with van der Waals surface area (Å²) in [6.45, 7) is 7.81. The molecule has 21 heavy (non-hydrogen) atoms. The quantitative estimate of drug-likeness (QED) is 0.927. The van der Waals surface area contributed by atoms with Crippen LogP contribution >= 0.6 is 11.6 Å². The van der Waals surface area contributed by atoms with E-state index in [1.54, 1.807) is 0 Å². The van der Waals surface area contributed by atoms with Gasteiger partial charge in [0.2, 0.25) is 0 Å². The fourth-order valence-corrected chi connectivity index (χ4v) is 3.60. The molecule has 118 valence electrons. The van der Waals surface area contributed by atoms with E-state index in [0.29, 0.717) is 6.04 Å². The molecule has 0 aromatic heterocycles. The Morgan fingerprint density at radius 2 is 2.14 bits per heavy atom. The second-order valence-corrected chi connectivity index (χ2v) is 6.71. The summed E-state index contributed by atoms with van der Waals surface area (Å²) in [7, 11) is 2.20. The average Bonchev–Trinajstić information content (AvgIpc) is 2.60. The molecule has 1 heterocycles. The number of nitrogens with two attached hydrogens (primary N) is 1. The lowest BCUT2D eigenvalue weighted by atomic mass is 9.95. The third-order valence-corrected chi connectivity index (χ3v) is 4.76. The van der Waals surface area contributed by atoms with Gasteiger partial charge in [0.1, 0.15) is 0 Å². The first kappa shape index (κ1) is 16.8. The summed E-state index contributed by atoms with van der Waals surface area (Å²) < 4.78 is 0. The Morgan fingerprint density at radius 1 is 1.38 bits per heavy atom. The Balaban J connectivity index is 2.31. The molecule has 1 saturated heterocycles. The van der Waals surface area contributed by atoms with E-state index in [-0.39, 0.29) is 12.1 Å². The molecular formula is C17H28ClN3. The molecule has 1 aliphatic rings. The molecule has 1 aliphatic heterocycles. The zero-order valence-corrected chi connectivity index (χ0v) is 14.2. The summed E-state index contributed by atoms with van der Waals surface area (Å²) in [5.41, 5.74) is 7.72. The van der Waals surface area contributed by atoms with Crippen molar-refractivity contribution in [3.63, 3.8) is 0 Å². The van der Waals surface area contributed by atoms with Crippen LogP contribution < -0.4 is 5.73 Å². The van der Waals surface area contributed by atoms with E-state index in [2.05, 4.69) is 42.8 Å². The van der Waals surface area contributed by atoms with E-state index in [1.165, 1.54) is 12.0 Å². The lowest BCUT2D eigenvalue weighted by Gasteiger charge is -2.39. The molecule has 0 saturated carbocycles. The van der Waals surface area contributed by atoms with Crippen LogP contribution in [-0.4, -0.2) is 48.6 Å². The highest BCUT2D eigenvalue weighted by atomic mass is 35.5. The van der Waals surface area contributed by atoms with Gasteiger partial charge >= 0.3 is 0 Å². The summed E-state index contributed by atoms with van der Waals surface area (Å²) in [4.78, 5) is 4.99. The molecule has 0 radical (unpaired) electrons. The van der Waals surface area contributed by atoms with E-state index in [1.807, 2.05) is 12.1 Å². The van der Waals surface area contributed by atoms with Crippen molar-refractivity contribution in [1.29, 1.82) is 0 Å². The van der Waals surface area contributed by atoms with Gasteiger partial charge in [0.15, 0.2) is 0 Å². The molecule has 0 bridgehead atoms. The summed E-state index contributed by atoms with van der Waals surface area (Å²) in [6.07, 6.45) is 2.16. The minimum Gasteiger partial charge on any atom is -0.326 e. The van der Waals surface area contributed by atoms with Gasteiger partial charge in [-0.1, -0.05) is 30.7 Å². The van der Waals surface area contributed by atoms with Crippen molar-refractivity contribution in [1.82, 2.24) is 9.80 Å². The summed E-state index contributed by atoms with van der Waals surface area (Å²) in [6, 6.07) is 9.07. The summed E-state index contributed by atoms with van der Waals surface area (Å²) in [5.74, 6) is 0. The van der Waals surface area contributed by atoms with Gasteiger partial charge in [0.25, 0.3) is 0 Å². The van der Waals surface area contributed by atoms with Crippen LogP contribution in [0.25, 0.3) is 0 Å². The van der Waals surface area contributed by atoms with Gasteiger partial charge in [0, 0.05) is 30.2 Å². The maximum Gasteiger partial charge on any atom is 0.0502 e. The number of benzene rings is 1. The van der Waals surface area contributed by atoms with Crippen molar-refractivity contribution in [3.05, 3.63) is 34.9 Å². The molecule has 0 aliphatic carbocycles. The van der Waals surface area contributed by atoms with Crippen LogP contribution in [-0.2, 0) is 0 Å². The van der Waals surface area contributed by atoms with Crippen molar-refractivity contribution in [2.45, 2.75) is 44.8 Å². The van der Waals surface area contributed by atoms with Gasteiger partial charge in [-0.15, -0.1) is 0 Å². The molecule has 2 N–H and O–H groups in total. The van der Waals surface area contributed by atoms with Gasteiger partial charge in [-0.25, -0.2) is 0 Å². The molecule has 0 spiro atoms. The first-order chi connectivity index (χ1) is 10.0. The van der Waals surface area contributed by atoms with Crippen LogP contribution in [0.15, 0.2) is 24.3 Å². The van der Waals surface area contributed by atoms with Crippen LogP contribution in [0.5, 0.6) is 0 Å². The fourth-order valence-electron chi connectivity index (χ4n) is 3.40. The number of rotatable bonds is 4. The number of likely N-dealkylation sites (N-methyl/N-ethyl adjacent to an activating group) is 1. The van der Waals surface area contributed by atoms with Crippen LogP contribution in [0, 0.1) is 0 Å². The van der Waals surface area contributed by atoms with Gasteiger partial charge in [-0.2, -0.15) is 0 Å². The lowest BCUT2D eigenvalue weighted by Crippen LogP contribution is -2.47. The Kier molecular flexibility index (Phi) is 6.06. The summed E-state index contributed by atoms with van der Waals surface area (Å²) >= 11 is 6.20. The zero-order chi connectivity index (χ0) is 15.4. The Labute approximate surface area is 134 Å². The predicted molar refractivity (Wildman–Crippen MR) is 90.7 cm³/mol. The van der Waals surface area contributed by atoms with Crippen molar-refractivity contribution >= 4 is 11.6 Å². The SMILES string of the molecule is CCC(N)C(c1cccc(Cl)c1)N1CCCN(C)CC1C. The van der Waals surface area contributed by atoms with Crippen LogP contribution in [0.1, 0.15) is 38.3 Å². The number of hydrogen-bond donors (Lipinski definition) is 1. The number of hydrogen-bond acceptors (Lipinski definition) is 3. The second-order valence-electron chi connectivity index (χ2n) is 6.27. The molecule has 1 fully saturated rings. The fraction of sp³-hybridized carbons (Fsp3) is 0.647. The topological polar surface area (TPSA) is 32.5 Å². The van der Waals surface area contributed by atoms with E-state index in [0.717, 1.165) is 31.1 Å². The Morgan fingerprint density at radius 3 is 2.81 bits per heavy atom.